The van der Waals surface area contributed by atoms with Crippen LogP contribution in [0.1, 0.15) is 29.5 Å². The van der Waals surface area contributed by atoms with E-state index in [2.05, 4.69) is 25.1 Å². The van der Waals surface area contributed by atoms with Gasteiger partial charge in [-0.15, -0.1) is 21.5 Å². The number of amides is 1. The van der Waals surface area contributed by atoms with Crippen molar-refractivity contribution in [3.05, 3.63) is 65.4 Å². The van der Waals surface area contributed by atoms with E-state index in [9.17, 15) is 4.79 Å². The standard InChI is InChI=1S/C25H25N5O4S/c1-16(15-32-2)33-20-12-18(24(31)27-25-26-9-11-35-25)13-21(14-20)34-19-7-5-17(6-8-19)23-29-28-22-4-3-10-30(22)23/h5-9,11-14,16H,3-4,10,15H2,1-2H3,(H,26,27,31)/t16-/m0/s1. The van der Waals surface area contributed by atoms with Crippen molar-refractivity contribution in [3.63, 3.8) is 0 Å². The Kier molecular flexibility index (Phi) is 6.73. The van der Waals surface area contributed by atoms with Crippen LogP contribution in [0, 0.1) is 0 Å². The summed E-state index contributed by atoms with van der Waals surface area (Å²) in [5, 5.41) is 13.7. The van der Waals surface area contributed by atoms with Gasteiger partial charge in [0.2, 0.25) is 0 Å². The lowest BCUT2D eigenvalue weighted by Crippen LogP contribution is -2.18. The number of hydrogen-bond acceptors (Lipinski definition) is 8. The van der Waals surface area contributed by atoms with Crippen LogP contribution in [0.25, 0.3) is 11.4 Å². The molecule has 1 N–H and O–H groups in total. The van der Waals surface area contributed by atoms with E-state index < -0.39 is 0 Å². The maximum absolute atomic E-state index is 12.9. The summed E-state index contributed by atoms with van der Waals surface area (Å²) in [6.45, 7) is 3.25. The summed E-state index contributed by atoms with van der Waals surface area (Å²) in [7, 11) is 1.61. The number of nitrogens with one attached hydrogen (secondary N) is 1. The number of benzene rings is 2. The number of ether oxygens (including phenoxy) is 3. The van der Waals surface area contributed by atoms with E-state index in [1.807, 2.05) is 31.2 Å². The van der Waals surface area contributed by atoms with E-state index in [1.54, 1.807) is 36.9 Å². The smallest absolute Gasteiger partial charge is 0.257 e. The van der Waals surface area contributed by atoms with Crippen molar-refractivity contribution in [1.82, 2.24) is 19.7 Å². The van der Waals surface area contributed by atoms with Crippen LogP contribution in [-0.2, 0) is 17.7 Å². The van der Waals surface area contributed by atoms with Gasteiger partial charge in [-0.25, -0.2) is 4.98 Å². The molecule has 2 aromatic carbocycles. The van der Waals surface area contributed by atoms with Crippen molar-refractivity contribution in [2.24, 2.45) is 0 Å². The van der Waals surface area contributed by atoms with Crippen molar-refractivity contribution < 1.29 is 19.0 Å². The molecule has 0 radical (unpaired) electrons. The Morgan fingerprint density at radius 2 is 1.97 bits per heavy atom. The lowest BCUT2D eigenvalue weighted by Gasteiger charge is -2.16. The van der Waals surface area contributed by atoms with Crippen molar-refractivity contribution >= 4 is 22.4 Å². The molecular weight excluding hydrogens is 466 g/mol. The van der Waals surface area contributed by atoms with E-state index >= 15 is 0 Å². The number of fused-ring (bicyclic) bond motifs is 1. The molecule has 2 aromatic heterocycles. The van der Waals surface area contributed by atoms with Gasteiger partial charge in [-0.1, -0.05) is 0 Å². The minimum Gasteiger partial charge on any atom is -0.488 e. The first-order valence-corrected chi connectivity index (χ1v) is 12.2. The first-order chi connectivity index (χ1) is 17.1. The first-order valence-electron chi connectivity index (χ1n) is 11.3. The topological polar surface area (TPSA) is 100 Å². The fourth-order valence-corrected chi connectivity index (χ4v) is 4.48. The Labute approximate surface area is 206 Å². The van der Waals surface area contributed by atoms with E-state index in [0.717, 1.165) is 36.6 Å². The Balaban J connectivity index is 1.37. The normalized spacial score (nSPS) is 13.3. The second-order valence-corrected chi connectivity index (χ2v) is 9.08. The molecule has 1 atom stereocenters. The predicted octanol–water partition coefficient (Wildman–Crippen LogP) is 4.81. The second-order valence-electron chi connectivity index (χ2n) is 8.19. The van der Waals surface area contributed by atoms with Gasteiger partial charge in [0, 0.05) is 48.8 Å². The van der Waals surface area contributed by atoms with Gasteiger partial charge in [0.05, 0.1) is 6.61 Å². The van der Waals surface area contributed by atoms with Crippen molar-refractivity contribution in [1.29, 1.82) is 0 Å². The average molecular weight is 492 g/mol. The molecular formula is C25H25N5O4S. The molecule has 1 amide bonds. The minimum absolute atomic E-state index is 0.200. The SMILES string of the molecule is COC[C@H](C)Oc1cc(Oc2ccc(-c3nnc4n3CCC4)cc2)cc(C(=O)Nc2nccs2)c1. The molecule has 9 nitrogen and oxygen atoms in total. The summed E-state index contributed by atoms with van der Waals surface area (Å²) in [5.74, 6) is 3.21. The molecule has 5 rings (SSSR count). The molecule has 10 heteroatoms. The van der Waals surface area contributed by atoms with Gasteiger partial charge >= 0.3 is 0 Å². The Hall–Kier alpha value is -3.76. The largest absolute Gasteiger partial charge is 0.488 e. The number of anilines is 1. The molecule has 0 saturated carbocycles. The maximum Gasteiger partial charge on any atom is 0.257 e. The third kappa shape index (κ3) is 5.33. The zero-order valence-corrected chi connectivity index (χ0v) is 20.2. The zero-order valence-electron chi connectivity index (χ0n) is 19.4. The first kappa shape index (κ1) is 23.0. The van der Waals surface area contributed by atoms with Gasteiger partial charge in [0.25, 0.3) is 5.91 Å². The van der Waals surface area contributed by atoms with Crippen LogP contribution in [0.4, 0.5) is 5.13 Å². The highest BCUT2D eigenvalue weighted by Crippen LogP contribution is 2.31. The van der Waals surface area contributed by atoms with Gasteiger partial charge in [-0.2, -0.15) is 0 Å². The van der Waals surface area contributed by atoms with Crippen LogP contribution in [0.5, 0.6) is 17.2 Å². The number of hydrogen-bond donors (Lipinski definition) is 1. The maximum atomic E-state index is 12.9. The van der Waals surface area contributed by atoms with Crippen molar-refractivity contribution in [3.8, 4) is 28.6 Å². The van der Waals surface area contributed by atoms with Crippen molar-refractivity contribution in [2.45, 2.75) is 32.4 Å². The van der Waals surface area contributed by atoms with Crippen LogP contribution < -0.4 is 14.8 Å². The number of carbonyl (C=O) groups is 1. The molecule has 3 heterocycles. The van der Waals surface area contributed by atoms with Crippen LogP contribution in [0.2, 0.25) is 0 Å². The number of thiazole rings is 1. The fourth-order valence-electron chi connectivity index (χ4n) is 3.96. The summed E-state index contributed by atoms with van der Waals surface area (Å²) in [6, 6.07) is 12.8. The van der Waals surface area contributed by atoms with Crippen LogP contribution in [0.3, 0.4) is 0 Å². The van der Waals surface area contributed by atoms with E-state index in [0.29, 0.717) is 34.6 Å². The van der Waals surface area contributed by atoms with Crippen LogP contribution >= 0.6 is 11.3 Å². The zero-order chi connectivity index (χ0) is 24.2. The van der Waals surface area contributed by atoms with Gasteiger partial charge in [0.1, 0.15) is 29.2 Å². The molecule has 4 aromatic rings. The third-order valence-corrected chi connectivity index (χ3v) is 6.18. The highest BCUT2D eigenvalue weighted by atomic mass is 32.1. The fraction of sp³-hybridized carbons (Fsp3) is 0.280. The number of rotatable bonds is 9. The summed E-state index contributed by atoms with van der Waals surface area (Å²) in [4.78, 5) is 17.0. The predicted molar refractivity (Wildman–Crippen MR) is 132 cm³/mol. The number of nitrogens with zero attached hydrogens (tertiary/aromatic N) is 4. The molecule has 0 saturated heterocycles. The summed E-state index contributed by atoms with van der Waals surface area (Å²) in [6.07, 6.45) is 3.50. The number of aromatic nitrogens is 4. The monoisotopic (exact) mass is 491 g/mol. The molecule has 1 aliphatic heterocycles. The minimum atomic E-state index is -0.300. The Bertz CT molecular complexity index is 1300. The second kappa shape index (κ2) is 10.2. The van der Waals surface area contributed by atoms with E-state index in [4.69, 9.17) is 14.2 Å². The molecule has 35 heavy (non-hydrogen) atoms. The number of carbonyl (C=O) groups excluding carboxylic acids is 1. The molecule has 0 aliphatic carbocycles. The molecule has 0 spiro atoms. The van der Waals surface area contributed by atoms with Gasteiger partial charge in [-0.3, -0.25) is 10.1 Å². The highest BCUT2D eigenvalue weighted by Gasteiger charge is 2.18. The molecule has 0 fully saturated rings. The molecule has 0 bridgehead atoms. The average Bonchev–Trinajstić information content (AvgIpc) is 3.59. The highest BCUT2D eigenvalue weighted by molar-refractivity contribution is 7.13. The van der Waals surface area contributed by atoms with E-state index in [1.165, 1.54) is 11.3 Å². The Morgan fingerprint density at radius 1 is 1.14 bits per heavy atom. The summed E-state index contributed by atoms with van der Waals surface area (Å²) in [5.41, 5.74) is 1.37. The lowest BCUT2D eigenvalue weighted by atomic mass is 10.1. The molecule has 180 valence electrons. The van der Waals surface area contributed by atoms with E-state index in [-0.39, 0.29) is 12.0 Å². The van der Waals surface area contributed by atoms with Crippen LogP contribution in [0.15, 0.2) is 54.0 Å². The lowest BCUT2D eigenvalue weighted by molar-refractivity contribution is 0.0916. The van der Waals surface area contributed by atoms with Crippen LogP contribution in [-0.4, -0.2) is 45.5 Å². The quantitative estimate of drug-likeness (QED) is 0.359. The summed E-state index contributed by atoms with van der Waals surface area (Å²) >= 11 is 1.35. The van der Waals surface area contributed by atoms with Gasteiger partial charge < -0.3 is 18.8 Å². The molecule has 1 aliphatic rings. The van der Waals surface area contributed by atoms with Gasteiger partial charge in [0.15, 0.2) is 11.0 Å². The van der Waals surface area contributed by atoms with Gasteiger partial charge in [-0.05, 0) is 49.7 Å². The summed E-state index contributed by atoms with van der Waals surface area (Å²) < 4.78 is 19.4. The van der Waals surface area contributed by atoms with Crippen molar-refractivity contribution in [2.75, 3.05) is 19.0 Å². The Morgan fingerprint density at radius 3 is 2.74 bits per heavy atom. The number of aryl methyl sites for hydroxylation is 1. The number of methoxy groups -OCH3 is 1. The molecule has 0 unspecified atom stereocenters. The third-order valence-electron chi connectivity index (χ3n) is 5.49.